The van der Waals surface area contributed by atoms with E-state index in [0.29, 0.717) is 28.6 Å². The van der Waals surface area contributed by atoms with Crippen molar-refractivity contribution in [2.75, 3.05) is 19.5 Å². The van der Waals surface area contributed by atoms with Gasteiger partial charge in [-0.1, -0.05) is 24.3 Å². The van der Waals surface area contributed by atoms with Crippen LogP contribution in [0.15, 0.2) is 43.0 Å². The minimum atomic E-state index is -4.52. The zero-order valence-electron chi connectivity index (χ0n) is 21.4. The molecule has 13 heteroatoms. The highest BCUT2D eigenvalue weighted by molar-refractivity contribution is 5.98. The SMILES string of the molecule is CNC(=O)c1cnc(-c2c(OC)ncnc2C2CC2)nc1NCc1ccc(-c2nc(C(F)(F)F)cn2C)cc1. The number of alkyl halides is 3. The summed E-state index contributed by atoms with van der Waals surface area (Å²) in [7, 11) is 4.54. The molecule has 0 atom stereocenters. The van der Waals surface area contributed by atoms with E-state index in [0.717, 1.165) is 30.3 Å². The summed E-state index contributed by atoms with van der Waals surface area (Å²) < 4.78 is 45.9. The number of methoxy groups -OCH3 is 1. The molecule has 3 aromatic heterocycles. The molecule has 1 fully saturated rings. The van der Waals surface area contributed by atoms with Gasteiger partial charge in [-0.3, -0.25) is 4.79 Å². The summed E-state index contributed by atoms with van der Waals surface area (Å²) in [5, 5.41) is 5.78. The quantitative estimate of drug-likeness (QED) is 0.342. The average molecular weight is 539 g/mol. The zero-order chi connectivity index (χ0) is 27.7. The molecule has 4 aromatic rings. The lowest BCUT2D eigenvalue weighted by Crippen LogP contribution is -2.21. The Balaban J connectivity index is 1.42. The Labute approximate surface area is 221 Å². The molecule has 0 radical (unpaired) electrons. The molecule has 10 nitrogen and oxygen atoms in total. The molecule has 0 unspecified atom stereocenters. The van der Waals surface area contributed by atoms with E-state index in [4.69, 9.17) is 4.74 Å². The zero-order valence-corrected chi connectivity index (χ0v) is 21.4. The second-order valence-electron chi connectivity index (χ2n) is 9.06. The minimum absolute atomic E-state index is 0.203. The first-order valence-corrected chi connectivity index (χ1v) is 12.1. The number of halogens is 3. The maximum atomic E-state index is 13.0. The van der Waals surface area contributed by atoms with E-state index in [1.807, 2.05) is 0 Å². The molecule has 39 heavy (non-hydrogen) atoms. The molecule has 1 amide bonds. The van der Waals surface area contributed by atoms with E-state index in [-0.39, 0.29) is 29.8 Å². The lowest BCUT2D eigenvalue weighted by Gasteiger charge is -2.14. The highest BCUT2D eigenvalue weighted by Crippen LogP contribution is 2.45. The van der Waals surface area contributed by atoms with Crippen molar-refractivity contribution in [3.05, 3.63) is 65.5 Å². The molecule has 0 saturated heterocycles. The minimum Gasteiger partial charge on any atom is -0.480 e. The number of carbonyl (C=O) groups excluding carboxylic acids is 1. The van der Waals surface area contributed by atoms with Gasteiger partial charge in [0.1, 0.15) is 29.1 Å². The van der Waals surface area contributed by atoms with Gasteiger partial charge in [0, 0.05) is 44.5 Å². The van der Waals surface area contributed by atoms with Gasteiger partial charge < -0.3 is 19.9 Å². The van der Waals surface area contributed by atoms with Gasteiger partial charge in [-0.2, -0.15) is 13.2 Å². The first-order chi connectivity index (χ1) is 18.7. The van der Waals surface area contributed by atoms with E-state index in [1.54, 1.807) is 24.3 Å². The van der Waals surface area contributed by atoms with E-state index < -0.39 is 11.9 Å². The Bertz CT molecular complexity index is 1510. The van der Waals surface area contributed by atoms with E-state index in [2.05, 4.69) is 35.6 Å². The van der Waals surface area contributed by atoms with Gasteiger partial charge in [-0.15, -0.1) is 0 Å². The third-order valence-corrected chi connectivity index (χ3v) is 6.32. The Hall–Kier alpha value is -4.55. The Morgan fingerprint density at radius 2 is 1.87 bits per heavy atom. The molecular formula is C26H25F3N8O2. The smallest absolute Gasteiger partial charge is 0.434 e. The van der Waals surface area contributed by atoms with Crippen molar-refractivity contribution in [2.45, 2.75) is 31.5 Å². The molecule has 1 aliphatic rings. The summed E-state index contributed by atoms with van der Waals surface area (Å²) >= 11 is 0. The van der Waals surface area contributed by atoms with Crippen molar-refractivity contribution in [1.82, 2.24) is 34.8 Å². The van der Waals surface area contributed by atoms with Crippen molar-refractivity contribution in [3.8, 4) is 28.7 Å². The molecule has 5 rings (SSSR count). The number of hydrogen-bond acceptors (Lipinski definition) is 8. The van der Waals surface area contributed by atoms with E-state index in [9.17, 15) is 18.0 Å². The van der Waals surface area contributed by atoms with Crippen LogP contribution < -0.4 is 15.4 Å². The second kappa shape index (κ2) is 10.3. The maximum absolute atomic E-state index is 13.0. The van der Waals surface area contributed by atoms with Crippen LogP contribution in [0.25, 0.3) is 22.8 Å². The number of ether oxygens (including phenoxy) is 1. The summed E-state index contributed by atoms with van der Waals surface area (Å²) in [4.78, 5) is 34.0. The fourth-order valence-electron chi connectivity index (χ4n) is 4.18. The molecule has 3 heterocycles. The van der Waals surface area contributed by atoms with Crippen molar-refractivity contribution in [1.29, 1.82) is 0 Å². The highest BCUT2D eigenvalue weighted by Gasteiger charge is 2.34. The predicted molar refractivity (Wildman–Crippen MR) is 136 cm³/mol. The van der Waals surface area contributed by atoms with E-state index in [1.165, 1.54) is 38.3 Å². The van der Waals surface area contributed by atoms with Crippen LogP contribution in [0.1, 0.15) is 46.1 Å². The summed E-state index contributed by atoms with van der Waals surface area (Å²) in [6.07, 6.45) is 1.33. The summed E-state index contributed by atoms with van der Waals surface area (Å²) in [6, 6.07) is 6.92. The number of benzene rings is 1. The van der Waals surface area contributed by atoms with Crippen LogP contribution in [0.4, 0.5) is 19.0 Å². The fraction of sp³-hybridized carbons (Fsp3) is 0.308. The van der Waals surface area contributed by atoms with Gasteiger partial charge in [-0.25, -0.2) is 24.9 Å². The number of imidazole rings is 1. The third kappa shape index (κ3) is 5.38. The average Bonchev–Trinajstić information content (AvgIpc) is 3.71. The van der Waals surface area contributed by atoms with Crippen LogP contribution in [0.3, 0.4) is 0 Å². The Kier molecular flexibility index (Phi) is 6.89. The largest absolute Gasteiger partial charge is 0.480 e. The first-order valence-electron chi connectivity index (χ1n) is 12.1. The van der Waals surface area contributed by atoms with Gasteiger partial charge in [-0.05, 0) is 18.4 Å². The number of nitrogens with zero attached hydrogens (tertiary/aromatic N) is 6. The van der Waals surface area contributed by atoms with Gasteiger partial charge >= 0.3 is 6.18 Å². The second-order valence-corrected chi connectivity index (χ2v) is 9.06. The fourth-order valence-corrected chi connectivity index (χ4v) is 4.18. The molecule has 1 saturated carbocycles. The lowest BCUT2D eigenvalue weighted by molar-refractivity contribution is -0.140. The molecule has 202 valence electrons. The first kappa shape index (κ1) is 26.1. The molecule has 0 bridgehead atoms. The number of anilines is 1. The Morgan fingerprint density at radius 1 is 1.13 bits per heavy atom. The van der Waals surface area contributed by atoms with Crippen LogP contribution in [-0.2, 0) is 19.8 Å². The van der Waals surface area contributed by atoms with Crippen LogP contribution in [-0.4, -0.2) is 49.6 Å². The van der Waals surface area contributed by atoms with Crippen LogP contribution >= 0.6 is 0 Å². The number of aryl methyl sites for hydroxylation is 1. The lowest BCUT2D eigenvalue weighted by atomic mass is 10.1. The van der Waals surface area contributed by atoms with Crippen LogP contribution in [0.2, 0.25) is 0 Å². The Morgan fingerprint density at radius 3 is 2.49 bits per heavy atom. The van der Waals surface area contributed by atoms with Gasteiger partial charge in [0.05, 0.1) is 12.8 Å². The third-order valence-electron chi connectivity index (χ3n) is 6.32. The van der Waals surface area contributed by atoms with Crippen LogP contribution in [0.5, 0.6) is 5.88 Å². The van der Waals surface area contributed by atoms with E-state index >= 15 is 0 Å². The standard InChI is InChI=1S/C26H25F3N8O2/c1-30-24(38)17-11-32-22(19-20(15-8-9-15)33-13-34-25(19)39-3)36-21(17)31-10-14-4-6-16(7-5-14)23-35-18(12-37(23)2)26(27,28)29/h4-7,11-13,15H,8-10H2,1-3H3,(H,30,38)(H,31,32,36). The normalized spacial score (nSPS) is 13.3. The van der Waals surface area contributed by atoms with Crippen molar-refractivity contribution in [3.63, 3.8) is 0 Å². The van der Waals surface area contributed by atoms with Gasteiger partial charge in [0.25, 0.3) is 5.91 Å². The summed E-state index contributed by atoms with van der Waals surface area (Å²) in [6.45, 7) is 0.285. The number of aromatic nitrogens is 6. The molecule has 1 aliphatic carbocycles. The summed E-state index contributed by atoms with van der Waals surface area (Å²) in [5.74, 6) is 1.09. The molecule has 2 N–H and O–H groups in total. The number of rotatable bonds is 8. The monoisotopic (exact) mass is 538 g/mol. The van der Waals surface area contributed by atoms with Gasteiger partial charge in [0.15, 0.2) is 11.5 Å². The number of nitrogens with one attached hydrogen (secondary N) is 2. The van der Waals surface area contributed by atoms with Crippen molar-refractivity contribution >= 4 is 11.7 Å². The highest BCUT2D eigenvalue weighted by atomic mass is 19.4. The molecule has 1 aromatic carbocycles. The topological polar surface area (TPSA) is 120 Å². The number of amides is 1. The van der Waals surface area contributed by atoms with Crippen molar-refractivity contribution < 1.29 is 22.7 Å². The van der Waals surface area contributed by atoms with Gasteiger partial charge in [0.2, 0.25) is 5.88 Å². The molecular weight excluding hydrogens is 513 g/mol. The maximum Gasteiger partial charge on any atom is 0.434 e. The van der Waals surface area contributed by atoms with Crippen molar-refractivity contribution in [2.24, 2.45) is 7.05 Å². The number of carbonyl (C=O) groups is 1. The summed E-state index contributed by atoms with van der Waals surface area (Å²) in [5.41, 5.74) is 2.04. The number of hydrogen-bond donors (Lipinski definition) is 2. The predicted octanol–water partition coefficient (Wildman–Crippen LogP) is 4.21. The van der Waals surface area contributed by atoms with Crippen LogP contribution in [0, 0.1) is 0 Å². The molecule has 0 spiro atoms. The molecule has 0 aliphatic heterocycles.